The van der Waals surface area contributed by atoms with Gasteiger partial charge in [0.2, 0.25) is 0 Å². The monoisotopic (exact) mass is 223 g/mol. The first-order chi connectivity index (χ1) is 7.74. The summed E-state index contributed by atoms with van der Waals surface area (Å²) in [5, 5.41) is 12.8. The summed E-state index contributed by atoms with van der Waals surface area (Å²) in [6.45, 7) is 0.707. The van der Waals surface area contributed by atoms with Gasteiger partial charge in [0.1, 0.15) is 5.82 Å². The summed E-state index contributed by atoms with van der Waals surface area (Å²) in [7, 11) is 0. The average Bonchev–Trinajstić information content (AvgIpc) is 2.28. The Balaban J connectivity index is 1.79. The molecule has 16 heavy (non-hydrogen) atoms. The molecule has 0 aliphatic heterocycles. The van der Waals surface area contributed by atoms with Crippen molar-refractivity contribution in [3.05, 3.63) is 35.6 Å². The predicted molar refractivity (Wildman–Crippen MR) is 61.5 cm³/mol. The van der Waals surface area contributed by atoms with Crippen LogP contribution in [0.5, 0.6) is 0 Å². The van der Waals surface area contributed by atoms with Gasteiger partial charge < -0.3 is 10.4 Å². The Morgan fingerprint density at radius 2 is 2.00 bits per heavy atom. The molecule has 2 N–H and O–H groups in total. The van der Waals surface area contributed by atoms with Crippen LogP contribution in [0.1, 0.15) is 31.2 Å². The highest BCUT2D eigenvalue weighted by Gasteiger charge is 2.18. The van der Waals surface area contributed by atoms with Crippen molar-refractivity contribution < 1.29 is 9.50 Å². The molecule has 0 spiro atoms. The molecule has 1 aliphatic rings. The van der Waals surface area contributed by atoms with E-state index in [4.69, 9.17) is 0 Å². The number of aliphatic hydroxyl groups is 1. The van der Waals surface area contributed by atoms with E-state index >= 15 is 0 Å². The SMILES string of the molecule is OC1CCC(NCc2cccc(F)c2)CC1. The fourth-order valence-corrected chi connectivity index (χ4v) is 2.19. The highest BCUT2D eigenvalue weighted by molar-refractivity contribution is 5.16. The second kappa shape index (κ2) is 5.41. The zero-order chi connectivity index (χ0) is 11.4. The molecule has 88 valence electrons. The molecule has 0 heterocycles. The molecule has 1 fully saturated rings. The molecule has 2 rings (SSSR count). The van der Waals surface area contributed by atoms with Crippen LogP contribution in [0.25, 0.3) is 0 Å². The van der Waals surface area contributed by atoms with Gasteiger partial charge in [0, 0.05) is 12.6 Å². The molecule has 1 saturated carbocycles. The molecule has 0 unspecified atom stereocenters. The molecule has 0 radical (unpaired) electrons. The first-order valence-corrected chi connectivity index (χ1v) is 5.90. The predicted octanol–water partition coefficient (Wildman–Crippen LogP) is 2.22. The number of nitrogens with one attached hydrogen (secondary N) is 1. The minimum Gasteiger partial charge on any atom is -0.393 e. The number of aliphatic hydroxyl groups excluding tert-OH is 1. The molecule has 2 nitrogen and oxygen atoms in total. The third kappa shape index (κ3) is 3.29. The smallest absolute Gasteiger partial charge is 0.123 e. The van der Waals surface area contributed by atoms with Crippen molar-refractivity contribution in [2.24, 2.45) is 0 Å². The highest BCUT2D eigenvalue weighted by Crippen LogP contribution is 2.18. The summed E-state index contributed by atoms with van der Waals surface area (Å²) >= 11 is 0. The van der Waals surface area contributed by atoms with Crippen LogP contribution < -0.4 is 5.32 Å². The lowest BCUT2D eigenvalue weighted by atomic mass is 9.93. The summed E-state index contributed by atoms with van der Waals surface area (Å²) in [5.74, 6) is -0.182. The lowest BCUT2D eigenvalue weighted by Gasteiger charge is -2.26. The maximum absolute atomic E-state index is 12.9. The van der Waals surface area contributed by atoms with Gasteiger partial charge in [-0.25, -0.2) is 4.39 Å². The third-order valence-corrected chi connectivity index (χ3v) is 3.18. The zero-order valence-electron chi connectivity index (χ0n) is 9.32. The second-order valence-electron chi connectivity index (χ2n) is 4.52. The van der Waals surface area contributed by atoms with Crippen LogP contribution in [-0.4, -0.2) is 17.3 Å². The number of hydrogen-bond donors (Lipinski definition) is 2. The number of hydrogen-bond acceptors (Lipinski definition) is 2. The van der Waals surface area contributed by atoms with Crippen molar-refractivity contribution in [3.63, 3.8) is 0 Å². The largest absolute Gasteiger partial charge is 0.393 e. The van der Waals surface area contributed by atoms with E-state index in [-0.39, 0.29) is 11.9 Å². The van der Waals surface area contributed by atoms with Gasteiger partial charge in [0.15, 0.2) is 0 Å². The summed E-state index contributed by atoms with van der Waals surface area (Å²) < 4.78 is 12.9. The molecule has 3 heteroatoms. The average molecular weight is 223 g/mol. The Morgan fingerprint density at radius 3 is 2.69 bits per heavy atom. The number of rotatable bonds is 3. The fourth-order valence-electron chi connectivity index (χ4n) is 2.19. The standard InChI is InChI=1S/C13H18FNO/c14-11-3-1-2-10(8-11)9-15-12-4-6-13(16)7-5-12/h1-3,8,12-13,15-16H,4-7,9H2. The third-order valence-electron chi connectivity index (χ3n) is 3.18. The quantitative estimate of drug-likeness (QED) is 0.823. The summed E-state index contributed by atoms with van der Waals surface area (Å²) in [5.41, 5.74) is 0.978. The summed E-state index contributed by atoms with van der Waals surface area (Å²) in [6.07, 6.45) is 3.65. The van der Waals surface area contributed by atoms with E-state index in [1.807, 2.05) is 6.07 Å². The first-order valence-electron chi connectivity index (χ1n) is 5.90. The Labute approximate surface area is 95.5 Å². The van der Waals surface area contributed by atoms with Crippen molar-refractivity contribution in [3.8, 4) is 0 Å². The van der Waals surface area contributed by atoms with Crippen LogP contribution in [0.4, 0.5) is 4.39 Å². The molecular formula is C13H18FNO. The van der Waals surface area contributed by atoms with Gasteiger partial charge in [-0.15, -0.1) is 0 Å². The Morgan fingerprint density at radius 1 is 1.25 bits per heavy atom. The molecule has 0 atom stereocenters. The Hall–Kier alpha value is -0.930. The van der Waals surface area contributed by atoms with E-state index in [9.17, 15) is 9.50 Å². The van der Waals surface area contributed by atoms with Gasteiger partial charge in [-0.3, -0.25) is 0 Å². The highest BCUT2D eigenvalue weighted by atomic mass is 19.1. The molecule has 1 aliphatic carbocycles. The maximum atomic E-state index is 12.9. The van der Waals surface area contributed by atoms with Gasteiger partial charge in [-0.2, -0.15) is 0 Å². The van der Waals surface area contributed by atoms with Crippen LogP contribution in [0, 0.1) is 5.82 Å². The molecule has 0 bridgehead atoms. The van der Waals surface area contributed by atoms with Crippen molar-refractivity contribution in [1.82, 2.24) is 5.32 Å². The Kier molecular flexibility index (Phi) is 3.91. The number of halogens is 1. The second-order valence-corrected chi connectivity index (χ2v) is 4.52. The molecule has 1 aromatic carbocycles. The molecule has 1 aromatic rings. The van der Waals surface area contributed by atoms with Crippen LogP contribution in [0.3, 0.4) is 0 Å². The molecule has 0 amide bonds. The van der Waals surface area contributed by atoms with Crippen LogP contribution in [0.2, 0.25) is 0 Å². The van der Waals surface area contributed by atoms with Gasteiger partial charge >= 0.3 is 0 Å². The van der Waals surface area contributed by atoms with Crippen LogP contribution >= 0.6 is 0 Å². The van der Waals surface area contributed by atoms with Gasteiger partial charge in [-0.05, 0) is 43.4 Å². The van der Waals surface area contributed by atoms with Crippen LogP contribution in [-0.2, 0) is 6.54 Å². The van der Waals surface area contributed by atoms with E-state index in [1.54, 1.807) is 12.1 Å². The van der Waals surface area contributed by atoms with Gasteiger partial charge in [0.25, 0.3) is 0 Å². The lowest BCUT2D eigenvalue weighted by molar-refractivity contribution is 0.116. The normalized spacial score (nSPS) is 25.6. The van der Waals surface area contributed by atoms with E-state index in [2.05, 4.69) is 5.32 Å². The molecule has 0 saturated heterocycles. The van der Waals surface area contributed by atoms with Crippen molar-refractivity contribution >= 4 is 0 Å². The summed E-state index contributed by atoms with van der Waals surface area (Å²) in [4.78, 5) is 0. The first kappa shape index (κ1) is 11.6. The Bertz CT molecular complexity index is 334. The van der Waals surface area contributed by atoms with Crippen molar-refractivity contribution in [2.75, 3.05) is 0 Å². The van der Waals surface area contributed by atoms with Crippen molar-refractivity contribution in [2.45, 2.75) is 44.4 Å². The van der Waals surface area contributed by atoms with Crippen molar-refractivity contribution in [1.29, 1.82) is 0 Å². The van der Waals surface area contributed by atoms with E-state index in [0.29, 0.717) is 12.6 Å². The topological polar surface area (TPSA) is 32.3 Å². The van der Waals surface area contributed by atoms with Gasteiger partial charge in [-0.1, -0.05) is 12.1 Å². The van der Waals surface area contributed by atoms with E-state index in [0.717, 1.165) is 31.2 Å². The minimum absolute atomic E-state index is 0.118. The zero-order valence-corrected chi connectivity index (χ0v) is 9.32. The molecule has 0 aromatic heterocycles. The number of benzene rings is 1. The maximum Gasteiger partial charge on any atom is 0.123 e. The minimum atomic E-state index is -0.182. The van der Waals surface area contributed by atoms with Crippen LogP contribution in [0.15, 0.2) is 24.3 Å². The fraction of sp³-hybridized carbons (Fsp3) is 0.538. The van der Waals surface area contributed by atoms with Gasteiger partial charge in [0.05, 0.1) is 6.10 Å². The lowest BCUT2D eigenvalue weighted by Crippen LogP contribution is -2.34. The molecular weight excluding hydrogens is 205 g/mol. The van der Waals surface area contributed by atoms with E-state index < -0.39 is 0 Å². The summed E-state index contributed by atoms with van der Waals surface area (Å²) in [6, 6.07) is 7.14. The van der Waals surface area contributed by atoms with E-state index in [1.165, 1.54) is 6.07 Å².